The van der Waals surface area contributed by atoms with E-state index < -0.39 is 0 Å². The molecule has 1 amide bonds. The molecule has 0 saturated heterocycles. The summed E-state index contributed by atoms with van der Waals surface area (Å²) in [5.41, 5.74) is 1.22. The molecule has 0 aliphatic rings. The lowest BCUT2D eigenvalue weighted by Gasteiger charge is -2.08. The SMILES string of the molecule is Cc1ccc(C(=O)NCCC(C)Cl)c(O)c1. The lowest BCUT2D eigenvalue weighted by molar-refractivity contribution is 0.0950. The zero-order chi connectivity index (χ0) is 12.1. The zero-order valence-electron chi connectivity index (χ0n) is 9.46. The minimum atomic E-state index is -0.269. The van der Waals surface area contributed by atoms with E-state index in [0.29, 0.717) is 18.5 Å². The minimum absolute atomic E-state index is 0.0106. The molecule has 0 aliphatic carbocycles. The normalized spacial score (nSPS) is 12.2. The second kappa shape index (κ2) is 5.75. The molecule has 0 heterocycles. The Hall–Kier alpha value is -1.22. The molecule has 0 radical (unpaired) electrons. The topological polar surface area (TPSA) is 49.3 Å². The predicted molar refractivity (Wildman–Crippen MR) is 65.1 cm³/mol. The Morgan fingerprint density at radius 3 is 2.81 bits per heavy atom. The highest BCUT2D eigenvalue weighted by molar-refractivity contribution is 6.20. The number of carbonyl (C=O) groups is 1. The Balaban J connectivity index is 2.59. The molecule has 0 fully saturated rings. The minimum Gasteiger partial charge on any atom is -0.507 e. The average molecular weight is 242 g/mol. The molecule has 1 atom stereocenters. The summed E-state index contributed by atoms with van der Waals surface area (Å²) in [6, 6.07) is 4.97. The van der Waals surface area contributed by atoms with Crippen molar-refractivity contribution in [2.75, 3.05) is 6.54 Å². The quantitative estimate of drug-likeness (QED) is 0.796. The molecule has 0 aromatic heterocycles. The van der Waals surface area contributed by atoms with Gasteiger partial charge in [-0.15, -0.1) is 11.6 Å². The van der Waals surface area contributed by atoms with Gasteiger partial charge in [0, 0.05) is 11.9 Å². The summed E-state index contributed by atoms with van der Waals surface area (Å²) in [6.07, 6.45) is 0.708. The van der Waals surface area contributed by atoms with Crippen LogP contribution in [0.5, 0.6) is 5.75 Å². The van der Waals surface area contributed by atoms with E-state index in [4.69, 9.17) is 11.6 Å². The van der Waals surface area contributed by atoms with Crippen molar-refractivity contribution in [3.63, 3.8) is 0 Å². The van der Waals surface area contributed by atoms with E-state index in [2.05, 4.69) is 5.32 Å². The van der Waals surface area contributed by atoms with Crippen LogP contribution in [0, 0.1) is 6.92 Å². The van der Waals surface area contributed by atoms with Crippen molar-refractivity contribution in [3.8, 4) is 5.75 Å². The van der Waals surface area contributed by atoms with Gasteiger partial charge in [-0.3, -0.25) is 4.79 Å². The van der Waals surface area contributed by atoms with E-state index >= 15 is 0 Å². The summed E-state index contributed by atoms with van der Waals surface area (Å²) in [7, 11) is 0. The van der Waals surface area contributed by atoms with Crippen LogP contribution in [0.2, 0.25) is 0 Å². The van der Waals surface area contributed by atoms with E-state index in [0.717, 1.165) is 5.56 Å². The van der Waals surface area contributed by atoms with Gasteiger partial charge in [-0.1, -0.05) is 6.07 Å². The van der Waals surface area contributed by atoms with Crippen molar-refractivity contribution in [1.29, 1.82) is 0 Å². The molecule has 2 N–H and O–H groups in total. The first-order valence-electron chi connectivity index (χ1n) is 5.22. The van der Waals surface area contributed by atoms with Gasteiger partial charge < -0.3 is 10.4 Å². The van der Waals surface area contributed by atoms with Gasteiger partial charge in [0.05, 0.1) is 5.56 Å². The molecular weight excluding hydrogens is 226 g/mol. The fourth-order valence-electron chi connectivity index (χ4n) is 1.31. The fraction of sp³-hybridized carbons (Fsp3) is 0.417. The Labute approximate surface area is 100 Å². The highest BCUT2D eigenvalue weighted by Gasteiger charge is 2.10. The Kier molecular flexibility index (Phi) is 4.62. The number of carbonyl (C=O) groups excluding carboxylic acids is 1. The lowest BCUT2D eigenvalue weighted by Crippen LogP contribution is -2.25. The van der Waals surface area contributed by atoms with Crippen LogP contribution in [-0.4, -0.2) is 22.9 Å². The standard InChI is InChI=1S/C12H16ClNO2/c1-8-3-4-10(11(15)7-8)12(16)14-6-5-9(2)13/h3-4,7,9,15H,5-6H2,1-2H3,(H,14,16). The molecule has 1 unspecified atom stereocenters. The largest absolute Gasteiger partial charge is 0.507 e. The van der Waals surface area contributed by atoms with Crippen molar-refractivity contribution in [1.82, 2.24) is 5.32 Å². The number of rotatable bonds is 4. The molecular formula is C12H16ClNO2. The van der Waals surface area contributed by atoms with Crippen molar-refractivity contribution in [2.45, 2.75) is 25.6 Å². The highest BCUT2D eigenvalue weighted by atomic mass is 35.5. The maximum atomic E-state index is 11.6. The van der Waals surface area contributed by atoms with Gasteiger partial charge in [-0.2, -0.15) is 0 Å². The van der Waals surface area contributed by atoms with Gasteiger partial charge in [0.15, 0.2) is 0 Å². The fourth-order valence-corrected chi connectivity index (χ4v) is 1.42. The van der Waals surface area contributed by atoms with Gasteiger partial charge in [-0.25, -0.2) is 0 Å². The molecule has 1 aromatic rings. The summed E-state index contributed by atoms with van der Waals surface area (Å²) in [6.45, 7) is 4.24. The van der Waals surface area contributed by atoms with E-state index in [-0.39, 0.29) is 17.0 Å². The number of aromatic hydroxyl groups is 1. The number of phenolic OH excluding ortho intramolecular Hbond substituents is 1. The Morgan fingerprint density at radius 2 is 2.25 bits per heavy atom. The van der Waals surface area contributed by atoms with Gasteiger partial charge in [0.2, 0.25) is 0 Å². The average Bonchev–Trinajstić information content (AvgIpc) is 2.16. The summed E-state index contributed by atoms with van der Waals surface area (Å²) in [5, 5.41) is 12.3. The van der Waals surface area contributed by atoms with Crippen molar-refractivity contribution in [2.24, 2.45) is 0 Å². The number of halogens is 1. The van der Waals surface area contributed by atoms with E-state index in [1.165, 1.54) is 0 Å². The second-order valence-corrected chi connectivity index (χ2v) is 4.59. The third-order valence-electron chi connectivity index (χ3n) is 2.23. The summed E-state index contributed by atoms with van der Waals surface area (Å²) in [5.74, 6) is -0.258. The molecule has 0 spiro atoms. The maximum absolute atomic E-state index is 11.6. The van der Waals surface area contributed by atoms with Crippen LogP contribution in [0.1, 0.15) is 29.3 Å². The summed E-state index contributed by atoms with van der Waals surface area (Å²) >= 11 is 5.76. The summed E-state index contributed by atoms with van der Waals surface area (Å²) < 4.78 is 0. The monoisotopic (exact) mass is 241 g/mol. The van der Waals surface area contributed by atoms with Crippen LogP contribution < -0.4 is 5.32 Å². The van der Waals surface area contributed by atoms with Crippen molar-refractivity contribution < 1.29 is 9.90 Å². The number of alkyl halides is 1. The molecule has 0 bridgehead atoms. The number of hydrogen-bond donors (Lipinski definition) is 2. The maximum Gasteiger partial charge on any atom is 0.255 e. The third-order valence-corrected chi connectivity index (χ3v) is 2.44. The number of phenols is 1. The first-order chi connectivity index (χ1) is 7.50. The smallest absolute Gasteiger partial charge is 0.255 e. The number of hydrogen-bond acceptors (Lipinski definition) is 2. The van der Waals surface area contributed by atoms with Crippen LogP contribution in [0.25, 0.3) is 0 Å². The first-order valence-corrected chi connectivity index (χ1v) is 5.66. The third kappa shape index (κ3) is 3.74. The molecule has 16 heavy (non-hydrogen) atoms. The second-order valence-electron chi connectivity index (χ2n) is 3.85. The highest BCUT2D eigenvalue weighted by Crippen LogP contribution is 2.18. The summed E-state index contributed by atoms with van der Waals surface area (Å²) in [4.78, 5) is 11.6. The number of benzene rings is 1. The predicted octanol–water partition coefficient (Wildman–Crippen LogP) is 2.45. The van der Waals surface area contributed by atoms with Gasteiger partial charge in [-0.05, 0) is 38.0 Å². The van der Waals surface area contributed by atoms with Crippen LogP contribution in [0.15, 0.2) is 18.2 Å². The zero-order valence-corrected chi connectivity index (χ0v) is 10.2. The first kappa shape index (κ1) is 12.8. The van der Waals surface area contributed by atoms with Gasteiger partial charge >= 0.3 is 0 Å². The van der Waals surface area contributed by atoms with E-state index in [9.17, 15) is 9.90 Å². The number of amides is 1. The Morgan fingerprint density at radius 1 is 1.56 bits per heavy atom. The molecule has 88 valence electrons. The van der Waals surface area contributed by atoms with Crippen LogP contribution in [0.3, 0.4) is 0 Å². The number of aryl methyl sites for hydroxylation is 1. The van der Waals surface area contributed by atoms with Crippen LogP contribution >= 0.6 is 11.6 Å². The molecule has 3 nitrogen and oxygen atoms in total. The van der Waals surface area contributed by atoms with Crippen LogP contribution in [0.4, 0.5) is 0 Å². The molecule has 1 rings (SSSR count). The molecule has 1 aromatic carbocycles. The van der Waals surface area contributed by atoms with Crippen molar-refractivity contribution >= 4 is 17.5 Å². The van der Waals surface area contributed by atoms with Gasteiger partial charge in [0.25, 0.3) is 5.91 Å². The van der Waals surface area contributed by atoms with Crippen molar-refractivity contribution in [3.05, 3.63) is 29.3 Å². The number of nitrogens with one attached hydrogen (secondary N) is 1. The molecule has 0 aliphatic heterocycles. The lowest BCUT2D eigenvalue weighted by atomic mass is 10.1. The molecule has 4 heteroatoms. The van der Waals surface area contributed by atoms with Crippen LogP contribution in [-0.2, 0) is 0 Å². The molecule has 0 saturated carbocycles. The van der Waals surface area contributed by atoms with E-state index in [1.54, 1.807) is 18.2 Å². The van der Waals surface area contributed by atoms with Gasteiger partial charge in [0.1, 0.15) is 5.75 Å². The van der Waals surface area contributed by atoms with E-state index in [1.807, 2.05) is 13.8 Å². The Bertz CT molecular complexity index is 377.